The molecule has 1 rings (SSSR count). The summed E-state index contributed by atoms with van der Waals surface area (Å²) in [4.78, 5) is 0.135. The molecule has 13 heavy (non-hydrogen) atoms. The van der Waals surface area contributed by atoms with Gasteiger partial charge in [0.1, 0.15) is 0 Å². The summed E-state index contributed by atoms with van der Waals surface area (Å²) in [6, 6.07) is 3.12. The predicted octanol–water partition coefficient (Wildman–Crippen LogP) is 2.84. The minimum absolute atomic E-state index is 0.135. The summed E-state index contributed by atoms with van der Waals surface area (Å²) in [6.07, 6.45) is 0.876. The number of halogens is 2. The first-order chi connectivity index (χ1) is 6.17. The normalized spacial score (nSPS) is 11.9. The van der Waals surface area contributed by atoms with E-state index in [4.69, 9.17) is 0 Å². The second kappa shape index (κ2) is 4.67. The summed E-state index contributed by atoms with van der Waals surface area (Å²) in [5, 5.41) is 4.39. The first kappa shape index (κ1) is 10.6. The predicted molar refractivity (Wildman–Crippen MR) is 51.4 cm³/mol. The molecular formula is C9H13F2NS. The number of hydrogen-bond donors (Lipinski definition) is 1. The van der Waals surface area contributed by atoms with Gasteiger partial charge in [-0.3, -0.25) is 0 Å². The van der Waals surface area contributed by atoms with Crippen molar-refractivity contribution in [2.45, 2.75) is 19.3 Å². The minimum atomic E-state index is -2.72. The molecule has 0 aliphatic rings. The van der Waals surface area contributed by atoms with Gasteiger partial charge in [-0.05, 0) is 24.4 Å². The summed E-state index contributed by atoms with van der Waals surface area (Å²) in [5.74, 6) is -2.72. The Balaban J connectivity index is 2.46. The molecular weight excluding hydrogens is 192 g/mol. The lowest BCUT2D eigenvalue weighted by Gasteiger charge is -2.14. The lowest BCUT2D eigenvalue weighted by molar-refractivity contribution is 0.000942. The van der Waals surface area contributed by atoms with E-state index in [9.17, 15) is 8.78 Å². The summed E-state index contributed by atoms with van der Waals surface area (Å²) in [7, 11) is 0. The van der Waals surface area contributed by atoms with Gasteiger partial charge in [0.25, 0.3) is 5.92 Å². The van der Waals surface area contributed by atoms with Crippen molar-refractivity contribution in [3.05, 3.63) is 22.4 Å². The molecule has 1 N–H and O–H groups in total. The molecule has 0 aliphatic carbocycles. The third kappa shape index (κ3) is 3.04. The number of nitrogens with one attached hydrogen (secondary N) is 1. The van der Waals surface area contributed by atoms with Gasteiger partial charge in [-0.2, -0.15) is 8.78 Å². The van der Waals surface area contributed by atoms with Crippen molar-refractivity contribution in [2.24, 2.45) is 0 Å². The van der Waals surface area contributed by atoms with Crippen molar-refractivity contribution < 1.29 is 8.78 Å². The van der Waals surface area contributed by atoms with E-state index >= 15 is 0 Å². The summed E-state index contributed by atoms with van der Waals surface area (Å²) in [5.41, 5.74) is 0. The van der Waals surface area contributed by atoms with Gasteiger partial charge in [-0.25, -0.2) is 0 Å². The lowest BCUT2D eigenvalue weighted by atomic mass is 10.2. The Hall–Kier alpha value is -0.480. The molecule has 0 unspecified atom stereocenters. The Kier molecular flexibility index (Phi) is 3.81. The van der Waals surface area contributed by atoms with Crippen molar-refractivity contribution >= 4 is 11.3 Å². The molecule has 0 saturated heterocycles. The first-order valence-corrected chi connectivity index (χ1v) is 5.17. The standard InChI is InChI=1S/C9H13F2NS/c1-2-5-12-7-9(10,11)8-4-3-6-13-8/h3-4,6,12H,2,5,7H2,1H3. The zero-order valence-corrected chi connectivity index (χ0v) is 8.33. The van der Waals surface area contributed by atoms with Crippen molar-refractivity contribution in [3.63, 3.8) is 0 Å². The number of rotatable bonds is 5. The molecule has 74 valence electrons. The summed E-state index contributed by atoms with van der Waals surface area (Å²) < 4.78 is 26.5. The van der Waals surface area contributed by atoms with E-state index in [1.807, 2.05) is 6.92 Å². The van der Waals surface area contributed by atoms with Gasteiger partial charge >= 0.3 is 0 Å². The maximum atomic E-state index is 13.3. The second-order valence-electron chi connectivity index (χ2n) is 2.86. The van der Waals surface area contributed by atoms with Gasteiger partial charge in [0.2, 0.25) is 0 Å². The molecule has 1 aromatic rings. The number of hydrogen-bond acceptors (Lipinski definition) is 2. The van der Waals surface area contributed by atoms with Crippen molar-refractivity contribution in [3.8, 4) is 0 Å². The molecule has 0 saturated carbocycles. The largest absolute Gasteiger partial charge is 0.311 e. The highest BCUT2D eigenvalue weighted by atomic mass is 32.1. The maximum Gasteiger partial charge on any atom is 0.294 e. The molecule has 1 heterocycles. The van der Waals surface area contributed by atoms with Gasteiger partial charge in [0, 0.05) is 0 Å². The Morgan fingerprint density at radius 1 is 1.54 bits per heavy atom. The van der Waals surface area contributed by atoms with E-state index in [-0.39, 0.29) is 11.4 Å². The van der Waals surface area contributed by atoms with Crippen molar-refractivity contribution in [1.82, 2.24) is 5.32 Å². The quantitative estimate of drug-likeness (QED) is 0.729. The Morgan fingerprint density at radius 2 is 2.31 bits per heavy atom. The van der Waals surface area contributed by atoms with Gasteiger partial charge in [-0.15, -0.1) is 11.3 Å². The van der Waals surface area contributed by atoms with E-state index in [1.165, 1.54) is 6.07 Å². The van der Waals surface area contributed by atoms with Crippen LogP contribution in [0.3, 0.4) is 0 Å². The molecule has 0 aromatic carbocycles. The van der Waals surface area contributed by atoms with Crippen LogP contribution in [-0.2, 0) is 5.92 Å². The van der Waals surface area contributed by atoms with Gasteiger partial charge < -0.3 is 5.32 Å². The fourth-order valence-electron chi connectivity index (χ4n) is 0.996. The monoisotopic (exact) mass is 205 g/mol. The molecule has 0 radical (unpaired) electrons. The van der Waals surface area contributed by atoms with E-state index in [0.717, 1.165) is 17.8 Å². The van der Waals surface area contributed by atoms with E-state index in [1.54, 1.807) is 11.4 Å². The molecule has 0 amide bonds. The van der Waals surface area contributed by atoms with Crippen LogP contribution < -0.4 is 5.32 Å². The first-order valence-electron chi connectivity index (χ1n) is 4.29. The van der Waals surface area contributed by atoms with Crippen molar-refractivity contribution in [2.75, 3.05) is 13.1 Å². The zero-order chi connectivity index (χ0) is 9.73. The SMILES string of the molecule is CCCNCC(F)(F)c1cccs1. The van der Waals surface area contributed by atoms with Crippen LogP contribution in [0.25, 0.3) is 0 Å². The fourth-order valence-corrected chi connectivity index (χ4v) is 1.70. The van der Waals surface area contributed by atoms with Crippen molar-refractivity contribution in [1.29, 1.82) is 0 Å². The lowest BCUT2D eigenvalue weighted by Crippen LogP contribution is -2.30. The smallest absolute Gasteiger partial charge is 0.294 e. The van der Waals surface area contributed by atoms with Crippen LogP contribution in [0.4, 0.5) is 8.78 Å². The average Bonchev–Trinajstić information content (AvgIpc) is 2.56. The second-order valence-corrected chi connectivity index (χ2v) is 3.81. The van der Waals surface area contributed by atoms with Crippen LogP contribution in [0.2, 0.25) is 0 Å². The van der Waals surface area contributed by atoms with Gasteiger partial charge in [0.05, 0.1) is 11.4 Å². The zero-order valence-electron chi connectivity index (χ0n) is 7.52. The van der Waals surface area contributed by atoms with Gasteiger partial charge in [0.15, 0.2) is 0 Å². The van der Waals surface area contributed by atoms with Crippen LogP contribution >= 0.6 is 11.3 Å². The average molecular weight is 205 g/mol. The molecule has 0 fully saturated rings. The van der Waals surface area contributed by atoms with E-state index in [2.05, 4.69) is 5.32 Å². The highest BCUT2D eigenvalue weighted by Crippen LogP contribution is 2.30. The molecule has 4 heteroatoms. The van der Waals surface area contributed by atoms with E-state index in [0.29, 0.717) is 6.54 Å². The minimum Gasteiger partial charge on any atom is -0.311 e. The molecule has 0 spiro atoms. The summed E-state index contributed by atoms with van der Waals surface area (Å²) in [6.45, 7) is 2.33. The Labute approximate surface area is 80.8 Å². The van der Waals surface area contributed by atoms with Crippen LogP contribution in [0.5, 0.6) is 0 Å². The van der Waals surface area contributed by atoms with Gasteiger partial charge in [-0.1, -0.05) is 13.0 Å². The third-order valence-corrected chi connectivity index (χ3v) is 2.64. The Bertz CT molecular complexity index is 234. The summed E-state index contributed by atoms with van der Waals surface area (Å²) >= 11 is 1.10. The topological polar surface area (TPSA) is 12.0 Å². The van der Waals surface area contributed by atoms with Crippen LogP contribution in [0.1, 0.15) is 18.2 Å². The van der Waals surface area contributed by atoms with Crippen LogP contribution in [0, 0.1) is 0 Å². The number of alkyl halides is 2. The fraction of sp³-hybridized carbons (Fsp3) is 0.556. The molecule has 0 atom stereocenters. The molecule has 1 nitrogen and oxygen atoms in total. The molecule has 0 aliphatic heterocycles. The Morgan fingerprint density at radius 3 is 2.85 bits per heavy atom. The maximum absolute atomic E-state index is 13.3. The molecule has 0 bridgehead atoms. The molecule has 1 aromatic heterocycles. The highest BCUT2D eigenvalue weighted by Gasteiger charge is 2.31. The highest BCUT2D eigenvalue weighted by molar-refractivity contribution is 7.10. The van der Waals surface area contributed by atoms with Crippen LogP contribution in [0.15, 0.2) is 17.5 Å². The van der Waals surface area contributed by atoms with Crippen LogP contribution in [-0.4, -0.2) is 13.1 Å². The number of thiophene rings is 1. The third-order valence-electron chi connectivity index (χ3n) is 1.66. The van der Waals surface area contributed by atoms with E-state index < -0.39 is 5.92 Å².